The van der Waals surface area contributed by atoms with Gasteiger partial charge in [0.15, 0.2) is 6.30 Å². The van der Waals surface area contributed by atoms with Crippen molar-refractivity contribution in [3.8, 4) is 0 Å². The molecule has 0 radical (unpaired) electrons. The highest BCUT2D eigenvalue weighted by Crippen LogP contribution is 2.56. The Morgan fingerprint density at radius 1 is 1.05 bits per heavy atom. The van der Waals surface area contributed by atoms with E-state index >= 15 is 0 Å². The van der Waals surface area contributed by atoms with E-state index in [9.17, 15) is 4.39 Å². The molecule has 38 heavy (non-hydrogen) atoms. The number of alkyl halides is 1. The maximum Gasteiger partial charge on any atom is 0.151 e. The molecule has 2 saturated heterocycles. The predicted octanol–water partition coefficient (Wildman–Crippen LogP) is 9.39. The van der Waals surface area contributed by atoms with E-state index in [4.69, 9.17) is 0 Å². The van der Waals surface area contributed by atoms with Gasteiger partial charge in [0.2, 0.25) is 0 Å². The average molecular weight is 551 g/mol. The van der Waals surface area contributed by atoms with Crippen LogP contribution in [0.2, 0.25) is 0 Å². The maximum absolute atomic E-state index is 13.7. The fourth-order valence-corrected chi connectivity index (χ4v) is 12.0. The zero-order valence-electron chi connectivity index (χ0n) is 26.2. The fourth-order valence-electron chi connectivity index (χ4n) is 9.22. The molecule has 0 aromatic carbocycles. The van der Waals surface area contributed by atoms with Crippen LogP contribution in [-0.4, -0.2) is 42.9 Å². The third-order valence-corrected chi connectivity index (χ3v) is 15.0. The molecule has 13 atom stereocenters. The number of nitrogens with one attached hydrogen (secondary N) is 2. The normalized spacial score (nSPS) is 40.8. The minimum absolute atomic E-state index is 0.127. The first-order chi connectivity index (χ1) is 18.3. The van der Waals surface area contributed by atoms with Crippen LogP contribution in [0.5, 0.6) is 0 Å². The number of piperidine rings is 2. The first-order valence-corrected chi connectivity index (χ1v) is 18.7. The molecule has 13 unspecified atom stereocenters. The summed E-state index contributed by atoms with van der Waals surface area (Å²) in [5, 5.41) is 7.37. The Bertz CT molecular complexity index is 679. The molecule has 1 aliphatic carbocycles. The van der Waals surface area contributed by atoms with Crippen molar-refractivity contribution in [1.29, 1.82) is 0 Å². The van der Waals surface area contributed by atoms with E-state index in [1.165, 1.54) is 64.2 Å². The molecular weight excluding hydrogens is 486 g/mol. The smallest absolute Gasteiger partial charge is 0.151 e. The second-order valence-electron chi connectivity index (χ2n) is 13.7. The summed E-state index contributed by atoms with van der Waals surface area (Å²) < 4.78 is 13.7. The number of hydrogen-bond acceptors (Lipinski definition) is 2. The minimum atomic E-state index is -0.782. The van der Waals surface area contributed by atoms with Crippen LogP contribution in [-0.2, 0) is 0 Å². The summed E-state index contributed by atoms with van der Waals surface area (Å²) in [5.74, 6) is 5.56. The monoisotopic (exact) mass is 550 g/mol. The second-order valence-corrected chi connectivity index (χ2v) is 16.5. The van der Waals surface area contributed by atoms with Gasteiger partial charge in [0.25, 0.3) is 0 Å². The van der Waals surface area contributed by atoms with Crippen molar-refractivity contribution in [2.24, 2.45) is 41.4 Å². The van der Waals surface area contributed by atoms with Crippen molar-refractivity contribution in [3.05, 3.63) is 12.7 Å². The minimum Gasteiger partial charge on any atom is -0.307 e. The highest BCUT2D eigenvalue weighted by Gasteiger charge is 2.49. The standard InChI is InChI=1S/C34H64FN2P/c1-9-13-17-30-33(32-23(5)15-14-16-27(32)11-3)25(7)34(29(12-4)37-30)38(8)24(6)18-19-26(10-2)28-20-21-31(35)36-22-28/h12,23-34,36-37H,4,9-11,13-22H2,1-3,5-8H3. The summed E-state index contributed by atoms with van der Waals surface area (Å²) in [7, 11) is -0.127. The lowest BCUT2D eigenvalue weighted by atomic mass is 9.59. The van der Waals surface area contributed by atoms with Gasteiger partial charge < -0.3 is 5.32 Å². The van der Waals surface area contributed by atoms with Crippen LogP contribution in [0.15, 0.2) is 12.7 Å². The number of hydrogen-bond donors (Lipinski definition) is 2. The molecule has 0 aromatic rings. The van der Waals surface area contributed by atoms with Crippen molar-refractivity contribution >= 4 is 7.92 Å². The van der Waals surface area contributed by atoms with E-state index in [1.54, 1.807) is 0 Å². The second kappa shape index (κ2) is 15.9. The lowest BCUT2D eigenvalue weighted by molar-refractivity contribution is 0.0183. The Kier molecular flexibility index (Phi) is 13.6. The molecule has 0 aromatic heterocycles. The van der Waals surface area contributed by atoms with Gasteiger partial charge in [-0.15, -0.1) is 14.5 Å². The Morgan fingerprint density at radius 3 is 2.42 bits per heavy atom. The van der Waals surface area contributed by atoms with E-state index in [1.807, 2.05) is 0 Å². The summed E-state index contributed by atoms with van der Waals surface area (Å²) >= 11 is 0. The fraction of sp³-hybridized carbons (Fsp3) is 0.941. The first-order valence-electron chi connectivity index (χ1n) is 16.7. The van der Waals surface area contributed by atoms with Gasteiger partial charge in [-0.25, -0.2) is 4.39 Å². The van der Waals surface area contributed by atoms with Gasteiger partial charge in [-0.1, -0.05) is 92.6 Å². The Morgan fingerprint density at radius 2 is 1.82 bits per heavy atom. The molecule has 3 rings (SSSR count). The summed E-state index contributed by atoms with van der Waals surface area (Å²) in [4.78, 5) is 0. The molecular formula is C34H64FN2P. The van der Waals surface area contributed by atoms with E-state index < -0.39 is 6.30 Å². The van der Waals surface area contributed by atoms with Crippen LogP contribution in [0.25, 0.3) is 0 Å². The maximum atomic E-state index is 13.7. The highest BCUT2D eigenvalue weighted by atomic mass is 31.1. The summed E-state index contributed by atoms with van der Waals surface area (Å²) in [6.45, 7) is 22.8. The van der Waals surface area contributed by atoms with Gasteiger partial charge in [-0.3, -0.25) is 5.32 Å². The lowest BCUT2D eigenvalue weighted by Gasteiger charge is -2.55. The van der Waals surface area contributed by atoms with Crippen molar-refractivity contribution in [2.45, 2.75) is 148 Å². The number of rotatable bonds is 13. The molecule has 222 valence electrons. The molecule has 2 aliphatic heterocycles. The highest BCUT2D eigenvalue weighted by molar-refractivity contribution is 7.58. The zero-order chi connectivity index (χ0) is 27.8. The summed E-state index contributed by atoms with van der Waals surface area (Å²) in [6.07, 6.45) is 16.7. The molecule has 0 amide bonds. The molecule has 4 heteroatoms. The molecule has 1 saturated carbocycles. The molecule has 0 spiro atoms. The van der Waals surface area contributed by atoms with Gasteiger partial charge >= 0.3 is 0 Å². The van der Waals surface area contributed by atoms with Crippen LogP contribution in [0.3, 0.4) is 0 Å². The average Bonchev–Trinajstić information content (AvgIpc) is 2.92. The molecule has 2 N–H and O–H groups in total. The third kappa shape index (κ3) is 7.85. The van der Waals surface area contributed by atoms with Crippen molar-refractivity contribution in [1.82, 2.24) is 10.6 Å². The largest absolute Gasteiger partial charge is 0.307 e. The Labute approximate surface area is 238 Å². The van der Waals surface area contributed by atoms with Crippen LogP contribution >= 0.6 is 7.92 Å². The van der Waals surface area contributed by atoms with Crippen LogP contribution in [0.4, 0.5) is 4.39 Å². The van der Waals surface area contributed by atoms with Gasteiger partial charge in [0, 0.05) is 24.3 Å². The zero-order valence-corrected chi connectivity index (χ0v) is 27.1. The van der Waals surface area contributed by atoms with E-state index in [0.29, 0.717) is 24.4 Å². The van der Waals surface area contributed by atoms with E-state index in [2.05, 4.69) is 71.5 Å². The molecule has 2 nitrogen and oxygen atoms in total. The molecule has 2 heterocycles. The third-order valence-electron chi connectivity index (χ3n) is 11.6. The molecule has 3 fully saturated rings. The number of halogens is 1. The van der Waals surface area contributed by atoms with Gasteiger partial charge in [-0.05, 0) is 85.9 Å². The Balaban J connectivity index is 1.76. The van der Waals surface area contributed by atoms with Gasteiger partial charge in [-0.2, -0.15) is 0 Å². The van der Waals surface area contributed by atoms with Gasteiger partial charge in [0.1, 0.15) is 0 Å². The Hall–Kier alpha value is 0.0200. The van der Waals surface area contributed by atoms with Crippen molar-refractivity contribution < 1.29 is 4.39 Å². The van der Waals surface area contributed by atoms with Crippen LogP contribution in [0, 0.1) is 41.4 Å². The predicted molar refractivity (Wildman–Crippen MR) is 168 cm³/mol. The lowest BCUT2D eigenvalue weighted by Crippen LogP contribution is -2.61. The van der Waals surface area contributed by atoms with Crippen molar-refractivity contribution in [3.63, 3.8) is 0 Å². The van der Waals surface area contributed by atoms with E-state index in [-0.39, 0.29) is 7.92 Å². The van der Waals surface area contributed by atoms with Crippen LogP contribution in [0.1, 0.15) is 119 Å². The summed E-state index contributed by atoms with van der Waals surface area (Å²) in [6, 6.07) is 1.09. The first kappa shape index (κ1) is 32.5. The molecule has 0 bridgehead atoms. The summed E-state index contributed by atoms with van der Waals surface area (Å²) in [5.41, 5.74) is 1.48. The van der Waals surface area contributed by atoms with Crippen LogP contribution < -0.4 is 10.6 Å². The number of unbranched alkanes of at least 4 members (excludes halogenated alkanes) is 1. The SMILES string of the molecule is C=CC1NC(CCCC)C(C2C(C)CCCC2CC)C(C)C1P(C)C(C)CCC(CC)C1CCC(F)NC1. The topological polar surface area (TPSA) is 24.1 Å². The van der Waals surface area contributed by atoms with Crippen molar-refractivity contribution in [2.75, 3.05) is 13.2 Å². The van der Waals surface area contributed by atoms with E-state index in [0.717, 1.165) is 59.8 Å². The quantitative estimate of drug-likeness (QED) is 0.136. The van der Waals surface area contributed by atoms with Gasteiger partial charge in [0.05, 0.1) is 0 Å². The molecule has 3 aliphatic rings.